The van der Waals surface area contributed by atoms with Gasteiger partial charge in [0.25, 0.3) is 0 Å². The third kappa shape index (κ3) is 6.93. The summed E-state index contributed by atoms with van der Waals surface area (Å²) in [6.45, 7) is 2.14. The molecule has 0 saturated carbocycles. The van der Waals surface area contributed by atoms with Crippen LogP contribution >= 0.6 is 0 Å². The van der Waals surface area contributed by atoms with Crippen LogP contribution in [0.4, 0.5) is 0 Å². The number of unbranched alkanes of at least 4 members (excludes halogenated alkanes) is 1. The molecule has 0 aliphatic carbocycles. The average molecular weight is 384 g/mol. The van der Waals surface area contributed by atoms with E-state index in [1.807, 2.05) is 24.3 Å². The predicted octanol–water partition coefficient (Wildman–Crippen LogP) is 1.19. The van der Waals surface area contributed by atoms with E-state index in [2.05, 4.69) is 5.32 Å². The lowest BCUT2D eigenvalue weighted by atomic mass is 10.1. The van der Waals surface area contributed by atoms with E-state index in [0.29, 0.717) is 32.8 Å². The molecule has 0 unspecified atom stereocenters. The van der Waals surface area contributed by atoms with Crippen molar-refractivity contribution in [2.24, 2.45) is 0 Å². The molecule has 1 aliphatic rings. The fourth-order valence-electron chi connectivity index (χ4n) is 2.74. The van der Waals surface area contributed by atoms with Gasteiger partial charge in [-0.1, -0.05) is 12.1 Å². The number of nitrogens with one attached hydrogen (secondary N) is 1. The van der Waals surface area contributed by atoms with Crippen LogP contribution in [0, 0.1) is 0 Å². The summed E-state index contributed by atoms with van der Waals surface area (Å²) < 4.78 is 36.0. The van der Waals surface area contributed by atoms with Crippen molar-refractivity contribution in [2.45, 2.75) is 25.7 Å². The Bertz CT molecular complexity index is 655. The molecular weight excluding hydrogens is 356 g/mol. The van der Waals surface area contributed by atoms with E-state index in [9.17, 15) is 13.2 Å². The number of carbonyl (C=O) groups excluding carboxylic acids is 1. The van der Waals surface area contributed by atoms with Gasteiger partial charge in [0.2, 0.25) is 15.9 Å². The number of rotatable bonds is 10. The Morgan fingerprint density at radius 2 is 1.88 bits per heavy atom. The summed E-state index contributed by atoms with van der Waals surface area (Å²) in [5.41, 5.74) is 1.23. The first-order valence-electron chi connectivity index (χ1n) is 8.96. The number of nitrogens with zero attached hydrogens (tertiary/aromatic N) is 1. The summed E-state index contributed by atoms with van der Waals surface area (Å²) in [7, 11) is -1.73. The van der Waals surface area contributed by atoms with Crippen LogP contribution in [0.5, 0.6) is 5.75 Å². The fourth-order valence-corrected chi connectivity index (χ4v) is 4.15. The molecule has 0 aromatic heterocycles. The smallest absolute Gasteiger partial charge is 0.221 e. The van der Waals surface area contributed by atoms with Crippen molar-refractivity contribution < 1.29 is 22.7 Å². The monoisotopic (exact) mass is 384 g/mol. The standard InChI is InChI=1S/C18H28N2O5S/c1-24-17-7-5-16(6-8-17)4-2-3-10-19-18(21)9-15-26(22,23)20-11-13-25-14-12-20/h5-8H,2-4,9-15H2,1H3,(H,19,21). The van der Waals surface area contributed by atoms with Gasteiger partial charge in [-0.2, -0.15) is 4.31 Å². The van der Waals surface area contributed by atoms with Crippen molar-refractivity contribution in [1.82, 2.24) is 9.62 Å². The van der Waals surface area contributed by atoms with Crippen LogP contribution in [-0.4, -0.2) is 64.3 Å². The molecule has 1 fully saturated rings. The Labute approximate surface area is 155 Å². The second-order valence-electron chi connectivity index (χ2n) is 6.23. The molecule has 0 atom stereocenters. The van der Waals surface area contributed by atoms with E-state index in [1.165, 1.54) is 9.87 Å². The second-order valence-corrected chi connectivity index (χ2v) is 8.32. The lowest BCUT2D eigenvalue weighted by Crippen LogP contribution is -2.42. The first-order chi connectivity index (χ1) is 12.5. The molecule has 1 heterocycles. The second kappa shape index (κ2) is 10.5. The summed E-state index contributed by atoms with van der Waals surface area (Å²) >= 11 is 0. The molecule has 146 valence electrons. The average Bonchev–Trinajstić information content (AvgIpc) is 2.67. The normalized spacial score (nSPS) is 15.6. The quantitative estimate of drug-likeness (QED) is 0.613. The molecule has 0 radical (unpaired) electrons. The number of aryl methyl sites for hydroxylation is 1. The minimum atomic E-state index is -3.37. The lowest BCUT2D eigenvalue weighted by Gasteiger charge is -2.25. The number of hydrogen-bond donors (Lipinski definition) is 1. The molecule has 0 spiro atoms. The zero-order chi connectivity index (χ0) is 18.8. The van der Waals surface area contributed by atoms with E-state index in [-0.39, 0.29) is 18.1 Å². The third-order valence-corrected chi connectivity index (χ3v) is 6.20. The Balaban J connectivity index is 1.58. The van der Waals surface area contributed by atoms with Gasteiger partial charge >= 0.3 is 0 Å². The number of benzene rings is 1. The zero-order valence-electron chi connectivity index (χ0n) is 15.3. The number of sulfonamides is 1. The number of ether oxygens (including phenoxy) is 2. The SMILES string of the molecule is COc1ccc(CCCCNC(=O)CCS(=O)(=O)N2CCOCC2)cc1. The molecule has 1 aliphatic heterocycles. The maximum absolute atomic E-state index is 12.2. The number of amides is 1. The van der Waals surface area contributed by atoms with Gasteiger partial charge in [-0.05, 0) is 37.0 Å². The molecule has 1 aromatic rings. The molecule has 7 nitrogen and oxygen atoms in total. The van der Waals surface area contributed by atoms with Crippen molar-refractivity contribution in [3.63, 3.8) is 0 Å². The van der Waals surface area contributed by atoms with Gasteiger partial charge in [0.05, 0.1) is 26.1 Å². The van der Waals surface area contributed by atoms with Crippen LogP contribution in [0.3, 0.4) is 0 Å². The highest BCUT2D eigenvalue weighted by atomic mass is 32.2. The van der Waals surface area contributed by atoms with Gasteiger partial charge in [-0.25, -0.2) is 8.42 Å². The predicted molar refractivity (Wildman–Crippen MR) is 99.7 cm³/mol. The highest BCUT2D eigenvalue weighted by molar-refractivity contribution is 7.89. The van der Waals surface area contributed by atoms with Crippen LogP contribution in [0.1, 0.15) is 24.8 Å². The van der Waals surface area contributed by atoms with E-state index in [0.717, 1.165) is 25.0 Å². The number of morpholine rings is 1. The van der Waals surface area contributed by atoms with E-state index in [1.54, 1.807) is 7.11 Å². The summed E-state index contributed by atoms with van der Waals surface area (Å²) in [6, 6.07) is 7.94. The van der Waals surface area contributed by atoms with E-state index < -0.39 is 10.0 Å². The van der Waals surface area contributed by atoms with Gasteiger partial charge in [0.1, 0.15) is 5.75 Å². The van der Waals surface area contributed by atoms with Gasteiger partial charge in [-0.3, -0.25) is 4.79 Å². The van der Waals surface area contributed by atoms with E-state index in [4.69, 9.17) is 9.47 Å². The molecule has 1 saturated heterocycles. The largest absolute Gasteiger partial charge is 0.497 e. The van der Waals surface area contributed by atoms with E-state index >= 15 is 0 Å². The summed E-state index contributed by atoms with van der Waals surface area (Å²) in [5.74, 6) is 0.476. The van der Waals surface area contributed by atoms with Crippen LogP contribution in [-0.2, 0) is 26.0 Å². The minimum absolute atomic E-state index is 0.00182. The van der Waals surface area contributed by atoms with Crippen molar-refractivity contribution in [1.29, 1.82) is 0 Å². The summed E-state index contributed by atoms with van der Waals surface area (Å²) in [4.78, 5) is 11.8. The topological polar surface area (TPSA) is 84.9 Å². The first kappa shape index (κ1) is 20.7. The van der Waals surface area contributed by atoms with Crippen molar-refractivity contribution in [3.8, 4) is 5.75 Å². The summed E-state index contributed by atoms with van der Waals surface area (Å²) in [6.07, 6.45) is 2.75. The number of carbonyl (C=O) groups is 1. The molecule has 0 bridgehead atoms. The zero-order valence-corrected chi connectivity index (χ0v) is 16.1. The third-order valence-electron chi connectivity index (χ3n) is 4.32. The van der Waals surface area contributed by atoms with Gasteiger partial charge < -0.3 is 14.8 Å². The molecule has 26 heavy (non-hydrogen) atoms. The molecule has 1 N–H and O–H groups in total. The number of hydrogen-bond acceptors (Lipinski definition) is 5. The van der Waals surface area contributed by atoms with Crippen LogP contribution in [0.15, 0.2) is 24.3 Å². The maximum Gasteiger partial charge on any atom is 0.221 e. The molecule has 2 rings (SSSR count). The fraction of sp³-hybridized carbons (Fsp3) is 0.611. The van der Waals surface area contributed by atoms with Gasteiger partial charge in [0, 0.05) is 26.1 Å². The minimum Gasteiger partial charge on any atom is -0.497 e. The highest BCUT2D eigenvalue weighted by Gasteiger charge is 2.24. The molecular formula is C18H28N2O5S. The maximum atomic E-state index is 12.2. The van der Waals surface area contributed by atoms with Gasteiger partial charge in [-0.15, -0.1) is 0 Å². The molecule has 1 amide bonds. The Hall–Kier alpha value is -1.64. The van der Waals surface area contributed by atoms with Crippen LogP contribution in [0.25, 0.3) is 0 Å². The van der Waals surface area contributed by atoms with Crippen molar-refractivity contribution in [3.05, 3.63) is 29.8 Å². The molecule has 8 heteroatoms. The Morgan fingerprint density at radius 3 is 2.54 bits per heavy atom. The first-order valence-corrected chi connectivity index (χ1v) is 10.6. The Kier molecular flexibility index (Phi) is 8.34. The Morgan fingerprint density at radius 1 is 1.19 bits per heavy atom. The van der Waals surface area contributed by atoms with Crippen molar-refractivity contribution >= 4 is 15.9 Å². The molecule has 1 aromatic carbocycles. The van der Waals surface area contributed by atoms with Crippen molar-refractivity contribution in [2.75, 3.05) is 45.7 Å². The summed E-state index contributed by atoms with van der Waals surface area (Å²) in [5, 5.41) is 2.80. The van der Waals surface area contributed by atoms with Crippen LogP contribution in [0.2, 0.25) is 0 Å². The number of methoxy groups -OCH3 is 1. The lowest BCUT2D eigenvalue weighted by molar-refractivity contribution is -0.120. The highest BCUT2D eigenvalue weighted by Crippen LogP contribution is 2.13. The van der Waals surface area contributed by atoms with Crippen LogP contribution < -0.4 is 10.1 Å². The van der Waals surface area contributed by atoms with Gasteiger partial charge in [0.15, 0.2) is 0 Å².